The molecule has 1 aromatic heterocycles. The molecule has 0 unspecified atom stereocenters. The van der Waals surface area contributed by atoms with Gasteiger partial charge in [-0.05, 0) is 41.8 Å². The Labute approximate surface area is 171 Å². The number of rotatable bonds is 7. The lowest BCUT2D eigenvalue weighted by Gasteiger charge is -2.22. The van der Waals surface area contributed by atoms with Gasteiger partial charge in [-0.3, -0.25) is 0 Å². The fourth-order valence-corrected chi connectivity index (χ4v) is 4.16. The molecule has 0 amide bonds. The number of aromatic nitrogens is 1. The number of hydrogen-bond acceptors (Lipinski definition) is 4. The van der Waals surface area contributed by atoms with E-state index in [1.54, 1.807) is 18.2 Å². The highest BCUT2D eigenvalue weighted by Crippen LogP contribution is 2.31. The van der Waals surface area contributed by atoms with Gasteiger partial charge in [0.2, 0.25) is 0 Å². The zero-order valence-corrected chi connectivity index (χ0v) is 16.4. The molecule has 0 radical (unpaired) electrons. The van der Waals surface area contributed by atoms with E-state index in [0.29, 0.717) is 23.3 Å². The molecule has 29 heavy (non-hydrogen) atoms. The first-order valence-corrected chi connectivity index (χ1v) is 10.1. The van der Waals surface area contributed by atoms with Gasteiger partial charge in [0.1, 0.15) is 5.82 Å². The predicted molar refractivity (Wildman–Crippen MR) is 114 cm³/mol. The number of carboxylic acid groups (broad SMARTS) is 1. The van der Waals surface area contributed by atoms with Crippen molar-refractivity contribution in [3.8, 4) is 0 Å². The van der Waals surface area contributed by atoms with Crippen LogP contribution >= 0.6 is 11.3 Å². The quantitative estimate of drug-likeness (QED) is 0.448. The van der Waals surface area contributed by atoms with Crippen LogP contribution in [0.2, 0.25) is 0 Å². The molecule has 4 nitrogen and oxygen atoms in total. The van der Waals surface area contributed by atoms with Gasteiger partial charge in [0.25, 0.3) is 0 Å². The van der Waals surface area contributed by atoms with Crippen LogP contribution in [-0.4, -0.2) is 22.6 Å². The average Bonchev–Trinajstić information content (AvgIpc) is 3.18. The molecule has 0 bridgehead atoms. The van der Waals surface area contributed by atoms with Crippen molar-refractivity contribution in [3.63, 3.8) is 0 Å². The highest BCUT2D eigenvalue weighted by Gasteiger charge is 2.15. The second-order valence-electron chi connectivity index (χ2n) is 6.74. The molecular weight excluding hydrogens is 387 g/mol. The standard InChI is InChI=1S/C23H19FN2O2S/c24-19-7-4-8-20-21(19)29-23(25-20)26(14-13-16-5-2-1-3-6-16)15-17-9-11-18(12-10-17)22(27)28/h1-12H,13-15H2,(H,27,28). The van der Waals surface area contributed by atoms with Gasteiger partial charge in [-0.2, -0.15) is 0 Å². The summed E-state index contributed by atoms with van der Waals surface area (Å²) in [7, 11) is 0. The Hall–Kier alpha value is -3.25. The SMILES string of the molecule is O=C(O)c1ccc(CN(CCc2ccccc2)c2nc3cccc(F)c3s2)cc1. The van der Waals surface area contributed by atoms with Crippen molar-refractivity contribution < 1.29 is 14.3 Å². The van der Waals surface area contributed by atoms with E-state index in [1.165, 1.54) is 23.0 Å². The zero-order valence-electron chi connectivity index (χ0n) is 15.6. The summed E-state index contributed by atoms with van der Waals surface area (Å²) >= 11 is 1.34. The lowest BCUT2D eigenvalue weighted by atomic mass is 10.1. The molecule has 0 saturated carbocycles. The summed E-state index contributed by atoms with van der Waals surface area (Å²) in [5.74, 6) is -1.21. The Morgan fingerprint density at radius 3 is 2.41 bits per heavy atom. The predicted octanol–water partition coefficient (Wildman–Crippen LogP) is 5.38. The van der Waals surface area contributed by atoms with Crippen molar-refractivity contribution in [1.29, 1.82) is 0 Å². The Bertz CT molecular complexity index is 1130. The van der Waals surface area contributed by atoms with Crippen LogP contribution in [-0.2, 0) is 13.0 Å². The smallest absolute Gasteiger partial charge is 0.335 e. The first kappa shape index (κ1) is 19.1. The van der Waals surface area contributed by atoms with E-state index in [9.17, 15) is 9.18 Å². The molecule has 0 fully saturated rings. The van der Waals surface area contributed by atoms with Gasteiger partial charge in [-0.15, -0.1) is 0 Å². The van der Waals surface area contributed by atoms with Crippen molar-refractivity contribution >= 4 is 32.7 Å². The molecule has 146 valence electrons. The molecule has 6 heteroatoms. The molecule has 3 aromatic carbocycles. The number of halogens is 1. The summed E-state index contributed by atoms with van der Waals surface area (Å²) in [6.45, 7) is 1.28. The van der Waals surface area contributed by atoms with Crippen molar-refractivity contribution in [2.24, 2.45) is 0 Å². The summed E-state index contributed by atoms with van der Waals surface area (Å²) in [5, 5.41) is 9.85. The monoisotopic (exact) mass is 406 g/mol. The number of thiazole rings is 1. The van der Waals surface area contributed by atoms with Gasteiger partial charge >= 0.3 is 5.97 Å². The first-order chi connectivity index (χ1) is 14.1. The lowest BCUT2D eigenvalue weighted by Crippen LogP contribution is -2.25. The summed E-state index contributed by atoms with van der Waals surface area (Å²) in [5.41, 5.74) is 3.09. The minimum Gasteiger partial charge on any atom is -0.478 e. The van der Waals surface area contributed by atoms with Gasteiger partial charge in [0, 0.05) is 13.1 Å². The fraction of sp³-hybridized carbons (Fsp3) is 0.130. The summed E-state index contributed by atoms with van der Waals surface area (Å²) < 4.78 is 14.7. The van der Waals surface area contributed by atoms with E-state index >= 15 is 0 Å². The van der Waals surface area contributed by atoms with Crippen molar-refractivity contribution in [2.75, 3.05) is 11.4 Å². The third kappa shape index (κ3) is 4.43. The number of aromatic carboxylic acids is 1. The van der Waals surface area contributed by atoms with Gasteiger partial charge in [0.05, 0.1) is 15.8 Å². The van der Waals surface area contributed by atoms with E-state index in [1.807, 2.05) is 36.4 Å². The lowest BCUT2D eigenvalue weighted by molar-refractivity contribution is 0.0697. The summed E-state index contributed by atoms with van der Waals surface area (Å²) in [6, 6.07) is 21.9. The van der Waals surface area contributed by atoms with Gasteiger partial charge in [-0.25, -0.2) is 14.2 Å². The Morgan fingerprint density at radius 1 is 0.966 bits per heavy atom. The van der Waals surface area contributed by atoms with E-state index in [0.717, 1.165) is 17.1 Å². The maximum absolute atomic E-state index is 14.2. The third-order valence-corrected chi connectivity index (χ3v) is 5.85. The minimum absolute atomic E-state index is 0.256. The van der Waals surface area contributed by atoms with Gasteiger partial charge < -0.3 is 10.0 Å². The summed E-state index contributed by atoms with van der Waals surface area (Å²) in [4.78, 5) is 17.8. The van der Waals surface area contributed by atoms with Gasteiger partial charge in [0.15, 0.2) is 5.13 Å². The van der Waals surface area contributed by atoms with Crippen LogP contribution in [0.1, 0.15) is 21.5 Å². The first-order valence-electron chi connectivity index (χ1n) is 9.26. The van der Waals surface area contributed by atoms with Gasteiger partial charge in [-0.1, -0.05) is 59.9 Å². The highest BCUT2D eigenvalue weighted by molar-refractivity contribution is 7.22. The molecule has 0 aliphatic heterocycles. The number of carbonyl (C=O) groups is 1. The van der Waals surface area contributed by atoms with E-state index < -0.39 is 5.97 Å². The molecule has 0 saturated heterocycles. The number of fused-ring (bicyclic) bond motifs is 1. The maximum Gasteiger partial charge on any atom is 0.335 e. The van der Waals surface area contributed by atoms with Crippen LogP contribution in [0.15, 0.2) is 72.8 Å². The van der Waals surface area contributed by atoms with Crippen LogP contribution in [0, 0.1) is 5.82 Å². The number of hydrogen-bond donors (Lipinski definition) is 1. The molecule has 1 N–H and O–H groups in total. The second-order valence-corrected chi connectivity index (χ2v) is 7.72. The van der Waals surface area contributed by atoms with Crippen molar-refractivity contribution in [1.82, 2.24) is 4.98 Å². The van der Waals surface area contributed by atoms with E-state index in [-0.39, 0.29) is 11.4 Å². The topological polar surface area (TPSA) is 53.4 Å². The average molecular weight is 406 g/mol. The summed E-state index contributed by atoms with van der Waals surface area (Å²) in [6.07, 6.45) is 0.826. The van der Waals surface area contributed by atoms with Crippen LogP contribution in [0.5, 0.6) is 0 Å². The maximum atomic E-state index is 14.2. The van der Waals surface area contributed by atoms with Crippen LogP contribution in [0.4, 0.5) is 9.52 Å². The second kappa shape index (κ2) is 8.41. The number of anilines is 1. The fourth-order valence-electron chi connectivity index (χ4n) is 3.16. The largest absolute Gasteiger partial charge is 0.478 e. The number of nitrogens with zero attached hydrogens (tertiary/aromatic N) is 2. The van der Waals surface area contributed by atoms with Crippen molar-refractivity contribution in [3.05, 3.63) is 95.3 Å². The molecule has 0 aliphatic carbocycles. The molecule has 1 heterocycles. The van der Waals surface area contributed by atoms with Crippen LogP contribution < -0.4 is 4.90 Å². The van der Waals surface area contributed by atoms with Crippen LogP contribution in [0.25, 0.3) is 10.2 Å². The molecule has 4 aromatic rings. The Morgan fingerprint density at radius 2 is 1.72 bits per heavy atom. The molecule has 0 aliphatic rings. The number of carboxylic acids is 1. The normalized spacial score (nSPS) is 10.9. The minimum atomic E-state index is -0.945. The highest BCUT2D eigenvalue weighted by atomic mass is 32.1. The molecular formula is C23H19FN2O2S. The third-order valence-electron chi connectivity index (χ3n) is 4.71. The van der Waals surface area contributed by atoms with E-state index in [4.69, 9.17) is 5.11 Å². The molecule has 0 spiro atoms. The Kier molecular flexibility index (Phi) is 5.53. The molecule has 0 atom stereocenters. The van der Waals surface area contributed by atoms with Crippen molar-refractivity contribution in [2.45, 2.75) is 13.0 Å². The van der Waals surface area contributed by atoms with E-state index in [2.05, 4.69) is 22.0 Å². The number of benzene rings is 3. The zero-order chi connectivity index (χ0) is 20.2. The van der Waals surface area contributed by atoms with Crippen LogP contribution in [0.3, 0.4) is 0 Å². The molecule has 4 rings (SSSR count). The Balaban J connectivity index is 1.62.